The van der Waals surface area contributed by atoms with E-state index in [2.05, 4.69) is 64.4 Å². The third-order valence-corrected chi connectivity index (χ3v) is 6.89. The lowest BCUT2D eigenvalue weighted by molar-refractivity contribution is -0.384. The zero-order valence-electron chi connectivity index (χ0n) is 22.2. The van der Waals surface area contributed by atoms with Crippen LogP contribution in [0.3, 0.4) is 0 Å². The number of hydrogen-bond donors (Lipinski definition) is 0. The van der Waals surface area contributed by atoms with Crippen LogP contribution in [-0.2, 0) is 0 Å². The summed E-state index contributed by atoms with van der Waals surface area (Å²) in [6.07, 6.45) is 0. The van der Waals surface area contributed by atoms with Gasteiger partial charge in [-0.3, -0.25) is 10.1 Å². The average molecular weight is 534 g/mol. The standard InChI is InChI=1S/C36H27N3O2/c40-39(41)36-24-14-13-23-35(36)28-25-33(37(29-15-5-1-6-16-29)30-17-7-2-8-18-30)27-34(26-28)38(31-19-9-3-10-20-31)32-21-11-4-12-22-32/h1-27H. The highest BCUT2D eigenvalue weighted by Gasteiger charge is 2.21. The summed E-state index contributed by atoms with van der Waals surface area (Å²) in [7, 11) is 0. The van der Waals surface area contributed by atoms with Crippen molar-refractivity contribution in [3.05, 3.63) is 174 Å². The zero-order valence-corrected chi connectivity index (χ0v) is 22.2. The molecule has 0 aromatic heterocycles. The molecule has 0 fully saturated rings. The summed E-state index contributed by atoms with van der Waals surface area (Å²) in [6, 6.07) is 53.7. The summed E-state index contributed by atoms with van der Waals surface area (Å²) >= 11 is 0. The Kier molecular flexibility index (Phi) is 7.24. The van der Waals surface area contributed by atoms with E-state index in [-0.39, 0.29) is 10.6 Å². The first-order valence-corrected chi connectivity index (χ1v) is 13.4. The first-order chi connectivity index (χ1) is 20.2. The topological polar surface area (TPSA) is 49.6 Å². The number of hydrogen-bond acceptors (Lipinski definition) is 4. The van der Waals surface area contributed by atoms with Crippen molar-refractivity contribution in [1.82, 2.24) is 0 Å². The van der Waals surface area contributed by atoms with Crippen LogP contribution in [0.4, 0.5) is 39.8 Å². The number of nitro groups is 1. The van der Waals surface area contributed by atoms with Crippen LogP contribution < -0.4 is 9.80 Å². The quantitative estimate of drug-likeness (QED) is 0.144. The maximum absolute atomic E-state index is 12.1. The van der Waals surface area contributed by atoms with E-state index in [0.29, 0.717) is 5.56 Å². The second-order valence-electron chi connectivity index (χ2n) is 9.53. The predicted molar refractivity (Wildman–Crippen MR) is 168 cm³/mol. The molecule has 0 saturated carbocycles. The van der Waals surface area contributed by atoms with Gasteiger partial charge in [-0.1, -0.05) is 84.9 Å². The van der Waals surface area contributed by atoms with Crippen molar-refractivity contribution in [1.29, 1.82) is 0 Å². The Morgan fingerprint density at radius 3 is 1.12 bits per heavy atom. The highest BCUT2D eigenvalue weighted by molar-refractivity contribution is 5.88. The van der Waals surface area contributed by atoms with E-state index in [1.165, 1.54) is 0 Å². The van der Waals surface area contributed by atoms with Crippen LogP contribution in [0.2, 0.25) is 0 Å². The van der Waals surface area contributed by atoms with Crippen molar-refractivity contribution in [3.63, 3.8) is 0 Å². The zero-order chi connectivity index (χ0) is 28.0. The summed E-state index contributed by atoms with van der Waals surface area (Å²) in [5.74, 6) is 0. The van der Waals surface area contributed by atoms with E-state index in [0.717, 1.165) is 39.7 Å². The van der Waals surface area contributed by atoms with Crippen LogP contribution >= 0.6 is 0 Å². The van der Waals surface area contributed by atoms with Crippen molar-refractivity contribution in [2.75, 3.05) is 9.80 Å². The van der Waals surface area contributed by atoms with Crippen LogP contribution in [0.1, 0.15) is 0 Å². The lowest BCUT2D eigenvalue weighted by Gasteiger charge is -2.30. The largest absolute Gasteiger partial charge is 0.310 e. The maximum Gasteiger partial charge on any atom is 0.277 e. The Morgan fingerprint density at radius 2 is 0.756 bits per heavy atom. The SMILES string of the molecule is O=[N+]([O-])c1ccccc1-c1cc(N(c2ccccc2)c2ccccc2)cc(N(c2ccccc2)c2ccccc2)c1. The molecule has 0 atom stereocenters. The molecule has 0 unspecified atom stereocenters. The van der Waals surface area contributed by atoms with Crippen LogP contribution in [-0.4, -0.2) is 4.92 Å². The highest BCUT2D eigenvalue weighted by Crippen LogP contribution is 2.44. The first kappa shape index (κ1) is 25.6. The van der Waals surface area contributed by atoms with Gasteiger partial charge < -0.3 is 9.80 Å². The van der Waals surface area contributed by atoms with E-state index < -0.39 is 0 Å². The molecule has 0 aliphatic heterocycles. The predicted octanol–water partition coefficient (Wildman–Crippen LogP) is 10.2. The molecule has 0 N–H and O–H groups in total. The fraction of sp³-hybridized carbons (Fsp3) is 0. The Bertz CT molecular complexity index is 1580. The molecular weight excluding hydrogens is 506 g/mol. The van der Waals surface area contributed by atoms with Gasteiger partial charge in [0.2, 0.25) is 0 Å². The molecule has 0 bridgehead atoms. The van der Waals surface area contributed by atoms with Gasteiger partial charge in [0.1, 0.15) is 0 Å². The number of anilines is 6. The Morgan fingerprint density at radius 1 is 0.415 bits per heavy atom. The molecular formula is C36H27N3O2. The summed E-state index contributed by atoms with van der Waals surface area (Å²) < 4.78 is 0. The number of rotatable bonds is 8. The van der Waals surface area contributed by atoms with Crippen LogP contribution in [0.15, 0.2) is 164 Å². The maximum atomic E-state index is 12.1. The molecule has 0 aliphatic carbocycles. The van der Waals surface area contributed by atoms with Crippen molar-refractivity contribution >= 4 is 39.8 Å². The van der Waals surface area contributed by atoms with Gasteiger partial charge in [-0.2, -0.15) is 0 Å². The number of nitrogens with zero attached hydrogens (tertiary/aromatic N) is 3. The van der Waals surface area contributed by atoms with Gasteiger partial charge in [0, 0.05) is 40.2 Å². The minimum atomic E-state index is -0.319. The highest BCUT2D eigenvalue weighted by atomic mass is 16.6. The smallest absolute Gasteiger partial charge is 0.277 e. The van der Waals surface area contributed by atoms with Crippen LogP contribution in [0.25, 0.3) is 11.1 Å². The van der Waals surface area contributed by atoms with E-state index in [4.69, 9.17) is 0 Å². The third kappa shape index (κ3) is 5.42. The minimum Gasteiger partial charge on any atom is -0.310 e. The van der Waals surface area contributed by atoms with Crippen LogP contribution in [0.5, 0.6) is 0 Å². The normalized spacial score (nSPS) is 10.6. The molecule has 5 nitrogen and oxygen atoms in total. The molecule has 6 aromatic rings. The average Bonchev–Trinajstić information content (AvgIpc) is 3.03. The van der Waals surface area contributed by atoms with Crippen molar-refractivity contribution in [2.45, 2.75) is 0 Å². The van der Waals surface area contributed by atoms with E-state index in [1.807, 2.05) is 97.1 Å². The molecule has 0 amide bonds. The molecule has 6 rings (SSSR count). The second-order valence-corrected chi connectivity index (χ2v) is 9.53. The van der Waals surface area contributed by atoms with Gasteiger partial charge in [-0.25, -0.2) is 0 Å². The summed E-state index contributed by atoms with van der Waals surface area (Å²) in [5, 5.41) is 12.1. The molecule has 0 radical (unpaired) electrons. The van der Waals surface area contributed by atoms with Gasteiger partial charge in [0.15, 0.2) is 0 Å². The number of para-hydroxylation sites is 5. The first-order valence-electron chi connectivity index (χ1n) is 13.4. The molecule has 198 valence electrons. The van der Waals surface area contributed by atoms with E-state index >= 15 is 0 Å². The van der Waals surface area contributed by atoms with Gasteiger partial charge >= 0.3 is 0 Å². The summed E-state index contributed by atoms with van der Waals surface area (Å²) in [4.78, 5) is 16.1. The number of nitro benzene ring substituents is 1. The van der Waals surface area contributed by atoms with Gasteiger partial charge in [0.05, 0.1) is 10.5 Å². The fourth-order valence-corrected chi connectivity index (χ4v) is 5.09. The van der Waals surface area contributed by atoms with E-state index in [9.17, 15) is 10.1 Å². The molecule has 6 aromatic carbocycles. The molecule has 5 heteroatoms. The minimum absolute atomic E-state index is 0.0625. The van der Waals surface area contributed by atoms with Gasteiger partial charge in [0.25, 0.3) is 5.69 Å². The number of benzene rings is 6. The Labute approximate surface area is 239 Å². The summed E-state index contributed by atoms with van der Waals surface area (Å²) in [6.45, 7) is 0. The van der Waals surface area contributed by atoms with Crippen molar-refractivity contribution < 1.29 is 4.92 Å². The monoisotopic (exact) mass is 533 g/mol. The van der Waals surface area contributed by atoms with Crippen molar-refractivity contribution in [3.8, 4) is 11.1 Å². The molecule has 0 saturated heterocycles. The third-order valence-electron chi connectivity index (χ3n) is 6.89. The van der Waals surface area contributed by atoms with Crippen molar-refractivity contribution in [2.24, 2.45) is 0 Å². The Balaban J connectivity index is 1.65. The van der Waals surface area contributed by atoms with Crippen LogP contribution in [0, 0.1) is 10.1 Å². The summed E-state index contributed by atoms with van der Waals surface area (Å²) in [5.41, 5.74) is 7.06. The lowest BCUT2D eigenvalue weighted by Crippen LogP contribution is -2.13. The van der Waals surface area contributed by atoms with Gasteiger partial charge in [-0.15, -0.1) is 0 Å². The van der Waals surface area contributed by atoms with Gasteiger partial charge in [-0.05, 0) is 78.4 Å². The molecule has 0 spiro atoms. The van der Waals surface area contributed by atoms with E-state index in [1.54, 1.807) is 12.1 Å². The molecule has 41 heavy (non-hydrogen) atoms. The molecule has 0 heterocycles. The second kappa shape index (κ2) is 11.6. The molecule has 0 aliphatic rings. The fourth-order valence-electron chi connectivity index (χ4n) is 5.09. The lowest BCUT2D eigenvalue weighted by atomic mass is 10.0. The Hall–Kier alpha value is -5.68.